The number of primary amides is 1. The number of rotatable bonds is 4. The van der Waals surface area contributed by atoms with Gasteiger partial charge in [-0.15, -0.1) is 0 Å². The molecule has 0 aliphatic rings. The van der Waals surface area contributed by atoms with E-state index in [1.165, 1.54) is 0 Å². The molecule has 0 aliphatic heterocycles. The van der Waals surface area contributed by atoms with Crippen molar-refractivity contribution < 1.29 is 41.7 Å². The molecule has 13 heavy (non-hydrogen) atoms. The largest absolute Gasteiger partial charge is 0.481 e. The van der Waals surface area contributed by atoms with Gasteiger partial charge < -0.3 is 21.3 Å². The predicted molar refractivity (Wildman–Crippen MR) is 36.4 cm³/mol. The number of hydrogen-bond acceptors (Lipinski definition) is 3. The van der Waals surface area contributed by atoms with Crippen molar-refractivity contribution in [1.29, 1.82) is 0 Å². The van der Waals surface area contributed by atoms with Gasteiger partial charge in [-0.05, 0) is 0 Å². The maximum atomic E-state index is 10.2. The Bertz CT molecular complexity index is 203. The molecule has 76 valence electrons. The molecule has 0 aromatic carbocycles. The Morgan fingerprint density at radius 1 is 1.31 bits per heavy atom. The van der Waals surface area contributed by atoms with Gasteiger partial charge in [0, 0.05) is 17.1 Å². The first-order valence-electron chi connectivity index (χ1n) is 2.94. The Morgan fingerprint density at radius 2 is 1.77 bits per heavy atom. The topological polar surface area (TPSA) is 130 Å². The number of nitrogens with one attached hydrogen (secondary N) is 1. The number of carboxylic acid groups (broad SMARTS) is 2. The van der Waals surface area contributed by atoms with Gasteiger partial charge in [-0.3, -0.25) is 4.79 Å². The first kappa shape index (κ1) is 14.3. The van der Waals surface area contributed by atoms with Crippen molar-refractivity contribution in [2.45, 2.75) is 12.5 Å². The summed E-state index contributed by atoms with van der Waals surface area (Å²) in [7, 11) is 0. The maximum absolute atomic E-state index is 10.2. The van der Waals surface area contributed by atoms with Crippen LogP contribution in [0.4, 0.5) is 4.79 Å². The Hall–Kier alpha value is -1.27. The van der Waals surface area contributed by atoms with Gasteiger partial charge in [0.25, 0.3) is 0 Å². The second kappa shape index (κ2) is 6.27. The third-order valence-corrected chi connectivity index (χ3v) is 0.993. The molecule has 5 N–H and O–H groups in total. The summed E-state index contributed by atoms with van der Waals surface area (Å²) in [5, 5.41) is 18.3. The number of amides is 2. The zero-order valence-corrected chi connectivity index (χ0v) is 7.44. The van der Waals surface area contributed by atoms with Gasteiger partial charge in [0.1, 0.15) is 6.04 Å². The van der Waals surface area contributed by atoms with Gasteiger partial charge in [-0.25, -0.2) is 9.59 Å². The first-order valence-corrected chi connectivity index (χ1v) is 2.94. The Balaban J connectivity index is 0. The van der Waals surface area contributed by atoms with Crippen LogP contribution in [0.3, 0.4) is 0 Å². The zero-order chi connectivity index (χ0) is 9.72. The molecule has 0 saturated heterocycles. The van der Waals surface area contributed by atoms with E-state index >= 15 is 0 Å². The van der Waals surface area contributed by atoms with Gasteiger partial charge >= 0.3 is 18.0 Å². The number of carboxylic acids is 2. The third kappa shape index (κ3) is 7.10. The summed E-state index contributed by atoms with van der Waals surface area (Å²) in [5.41, 5.74) is 4.60. The van der Waals surface area contributed by atoms with E-state index in [1.54, 1.807) is 5.32 Å². The minimum absolute atomic E-state index is 0. The smallest absolute Gasteiger partial charge is 0.326 e. The molecular formula is C5H8FeN2O5. The minimum atomic E-state index is -1.47. The minimum Gasteiger partial charge on any atom is -0.481 e. The van der Waals surface area contributed by atoms with Crippen LogP contribution in [0.1, 0.15) is 6.42 Å². The average molecular weight is 232 g/mol. The van der Waals surface area contributed by atoms with Crippen molar-refractivity contribution in [3.8, 4) is 0 Å². The van der Waals surface area contributed by atoms with Crippen LogP contribution in [-0.4, -0.2) is 34.2 Å². The van der Waals surface area contributed by atoms with Crippen molar-refractivity contribution >= 4 is 18.0 Å². The summed E-state index contributed by atoms with van der Waals surface area (Å²) < 4.78 is 0. The van der Waals surface area contributed by atoms with Crippen molar-refractivity contribution in [3.05, 3.63) is 0 Å². The van der Waals surface area contributed by atoms with Crippen molar-refractivity contribution in [2.24, 2.45) is 5.73 Å². The van der Waals surface area contributed by atoms with Crippen LogP contribution in [0.15, 0.2) is 0 Å². The van der Waals surface area contributed by atoms with E-state index in [0.717, 1.165) is 0 Å². The molecule has 0 rings (SSSR count). The van der Waals surface area contributed by atoms with Gasteiger partial charge in [0.2, 0.25) is 0 Å². The number of carbonyl (C=O) groups excluding carboxylic acids is 1. The molecule has 1 atom stereocenters. The molecule has 0 fully saturated rings. The summed E-state index contributed by atoms with van der Waals surface area (Å²) in [5.74, 6) is -2.76. The van der Waals surface area contributed by atoms with E-state index in [4.69, 9.17) is 10.2 Å². The monoisotopic (exact) mass is 232 g/mol. The van der Waals surface area contributed by atoms with Crippen LogP contribution in [0, 0.1) is 0 Å². The zero-order valence-electron chi connectivity index (χ0n) is 6.33. The summed E-state index contributed by atoms with van der Waals surface area (Å²) in [6, 6.07) is -2.54. The number of aliphatic carboxylic acids is 2. The van der Waals surface area contributed by atoms with Crippen LogP contribution >= 0.6 is 0 Å². The molecule has 2 amide bonds. The van der Waals surface area contributed by atoms with Gasteiger partial charge in [-0.1, -0.05) is 0 Å². The van der Waals surface area contributed by atoms with Gasteiger partial charge in [0.05, 0.1) is 6.42 Å². The predicted octanol–water partition coefficient (Wildman–Crippen LogP) is -1.42. The summed E-state index contributed by atoms with van der Waals surface area (Å²) in [4.78, 5) is 30.4. The second-order valence-corrected chi connectivity index (χ2v) is 2.00. The number of carbonyl (C=O) groups is 3. The molecule has 7 nitrogen and oxygen atoms in total. The normalized spacial score (nSPS) is 10.8. The summed E-state index contributed by atoms with van der Waals surface area (Å²) in [6.07, 6.45) is -0.696. The summed E-state index contributed by atoms with van der Waals surface area (Å²) >= 11 is 0. The SMILES string of the molecule is NC(=O)NC(CC(=O)O)C(=O)O.[Fe]. The molecule has 0 saturated carbocycles. The fourth-order valence-corrected chi connectivity index (χ4v) is 0.546. The van der Waals surface area contributed by atoms with Gasteiger partial charge in [0.15, 0.2) is 0 Å². The van der Waals surface area contributed by atoms with Crippen molar-refractivity contribution in [2.75, 3.05) is 0 Å². The molecule has 0 aliphatic carbocycles. The van der Waals surface area contributed by atoms with E-state index in [9.17, 15) is 14.4 Å². The maximum Gasteiger partial charge on any atom is 0.326 e. The first-order chi connectivity index (χ1) is 5.43. The fourth-order valence-electron chi connectivity index (χ4n) is 0.546. The average Bonchev–Trinajstić information content (AvgIpc) is 1.83. The Labute approximate surface area is 83.8 Å². The molecular weight excluding hydrogens is 224 g/mol. The van der Waals surface area contributed by atoms with Crippen LogP contribution in [0.2, 0.25) is 0 Å². The third-order valence-electron chi connectivity index (χ3n) is 0.993. The van der Waals surface area contributed by atoms with E-state index in [-0.39, 0.29) is 17.1 Å². The van der Waals surface area contributed by atoms with E-state index in [1.807, 2.05) is 0 Å². The fraction of sp³-hybridized carbons (Fsp3) is 0.400. The quantitative estimate of drug-likeness (QED) is 0.442. The van der Waals surface area contributed by atoms with E-state index in [0.29, 0.717) is 0 Å². The molecule has 0 spiro atoms. The van der Waals surface area contributed by atoms with Crippen LogP contribution < -0.4 is 11.1 Å². The molecule has 8 heteroatoms. The molecule has 0 radical (unpaired) electrons. The molecule has 0 aromatic rings. The Morgan fingerprint density at radius 3 is 2.00 bits per heavy atom. The Kier molecular flexibility index (Phi) is 6.88. The van der Waals surface area contributed by atoms with E-state index < -0.39 is 30.4 Å². The van der Waals surface area contributed by atoms with Gasteiger partial charge in [-0.2, -0.15) is 0 Å². The van der Waals surface area contributed by atoms with Crippen molar-refractivity contribution in [3.63, 3.8) is 0 Å². The molecule has 0 bridgehead atoms. The van der Waals surface area contributed by atoms with Crippen LogP contribution in [0.25, 0.3) is 0 Å². The standard InChI is InChI=1S/C5H8N2O5.Fe/c6-5(12)7-2(4(10)11)1-3(8)9;/h2H,1H2,(H,8,9)(H,10,11)(H3,6,7,12);. The van der Waals surface area contributed by atoms with E-state index in [2.05, 4.69) is 5.73 Å². The van der Waals surface area contributed by atoms with Crippen LogP contribution in [-0.2, 0) is 26.7 Å². The molecule has 0 heterocycles. The molecule has 1 unspecified atom stereocenters. The number of nitrogens with two attached hydrogens (primary N) is 1. The second-order valence-electron chi connectivity index (χ2n) is 2.00. The van der Waals surface area contributed by atoms with Crippen molar-refractivity contribution in [1.82, 2.24) is 5.32 Å². The van der Waals surface area contributed by atoms with Crippen LogP contribution in [0.5, 0.6) is 0 Å². The number of urea groups is 1. The molecule has 0 aromatic heterocycles. The summed E-state index contributed by atoms with van der Waals surface area (Å²) in [6.45, 7) is 0. The number of hydrogen-bond donors (Lipinski definition) is 4.